The molecule has 0 spiro atoms. The highest BCUT2D eigenvalue weighted by molar-refractivity contribution is 7.99. The van der Waals surface area contributed by atoms with Crippen molar-refractivity contribution in [2.45, 2.75) is 50.4 Å². The van der Waals surface area contributed by atoms with Gasteiger partial charge in [-0.25, -0.2) is 0 Å². The Kier molecular flexibility index (Phi) is 4.81. The SMILES string of the molecule is CSC(CO)C(C)NC1CCc2[nH]c3ccc(C)cc3c2C1. The van der Waals surface area contributed by atoms with Gasteiger partial charge in [0.25, 0.3) is 0 Å². The van der Waals surface area contributed by atoms with Gasteiger partial charge in [0, 0.05) is 33.9 Å². The summed E-state index contributed by atoms with van der Waals surface area (Å²) in [5.41, 5.74) is 5.48. The van der Waals surface area contributed by atoms with E-state index in [0.29, 0.717) is 12.1 Å². The predicted octanol–water partition coefficient (Wildman–Crippen LogP) is 3.04. The van der Waals surface area contributed by atoms with Crippen LogP contribution in [0.25, 0.3) is 10.9 Å². The van der Waals surface area contributed by atoms with Crippen LogP contribution in [0.1, 0.15) is 30.2 Å². The van der Waals surface area contributed by atoms with E-state index in [9.17, 15) is 5.11 Å². The van der Waals surface area contributed by atoms with Crippen molar-refractivity contribution in [1.29, 1.82) is 0 Å². The first kappa shape index (κ1) is 15.9. The Hall–Kier alpha value is -0.970. The summed E-state index contributed by atoms with van der Waals surface area (Å²) in [4.78, 5) is 3.59. The van der Waals surface area contributed by atoms with E-state index in [1.54, 1.807) is 11.8 Å². The second-order valence-electron chi connectivity index (χ2n) is 6.48. The molecule has 22 heavy (non-hydrogen) atoms. The van der Waals surface area contributed by atoms with Gasteiger partial charge < -0.3 is 15.4 Å². The normalized spacial score (nSPS) is 20.8. The minimum absolute atomic E-state index is 0.236. The fourth-order valence-electron chi connectivity index (χ4n) is 3.59. The van der Waals surface area contributed by atoms with Gasteiger partial charge >= 0.3 is 0 Å². The second-order valence-corrected chi connectivity index (χ2v) is 7.56. The van der Waals surface area contributed by atoms with Gasteiger partial charge in [-0.2, -0.15) is 11.8 Å². The van der Waals surface area contributed by atoms with Crippen LogP contribution in [-0.4, -0.2) is 40.3 Å². The highest BCUT2D eigenvalue weighted by Crippen LogP contribution is 2.30. The lowest BCUT2D eigenvalue weighted by molar-refractivity contribution is 0.267. The number of aryl methyl sites for hydroxylation is 2. The topological polar surface area (TPSA) is 48.0 Å². The van der Waals surface area contributed by atoms with Gasteiger partial charge in [0.15, 0.2) is 0 Å². The summed E-state index contributed by atoms with van der Waals surface area (Å²) in [7, 11) is 0. The summed E-state index contributed by atoms with van der Waals surface area (Å²) >= 11 is 1.74. The zero-order valence-electron chi connectivity index (χ0n) is 13.6. The molecule has 1 aromatic heterocycles. The van der Waals surface area contributed by atoms with Crippen LogP contribution in [0, 0.1) is 6.92 Å². The summed E-state index contributed by atoms with van der Waals surface area (Å²) in [5.74, 6) is 0. The van der Waals surface area contributed by atoms with E-state index in [4.69, 9.17) is 0 Å². The third-order valence-electron chi connectivity index (χ3n) is 4.88. The van der Waals surface area contributed by atoms with E-state index in [1.165, 1.54) is 27.7 Å². The first-order chi connectivity index (χ1) is 10.6. The van der Waals surface area contributed by atoms with Gasteiger partial charge in [-0.15, -0.1) is 0 Å². The molecular formula is C18H26N2OS. The molecule has 120 valence electrons. The third kappa shape index (κ3) is 3.05. The van der Waals surface area contributed by atoms with E-state index in [2.05, 4.69) is 48.6 Å². The Morgan fingerprint density at radius 2 is 2.27 bits per heavy atom. The Balaban J connectivity index is 1.78. The van der Waals surface area contributed by atoms with Crippen molar-refractivity contribution >= 4 is 22.7 Å². The molecule has 0 saturated heterocycles. The molecule has 3 N–H and O–H groups in total. The number of hydrogen-bond acceptors (Lipinski definition) is 3. The van der Waals surface area contributed by atoms with Crippen molar-refractivity contribution in [2.24, 2.45) is 0 Å². The number of hydrogen-bond donors (Lipinski definition) is 3. The minimum Gasteiger partial charge on any atom is -0.395 e. The first-order valence-electron chi connectivity index (χ1n) is 8.12. The van der Waals surface area contributed by atoms with Crippen LogP contribution >= 0.6 is 11.8 Å². The number of aromatic nitrogens is 1. The molecule has 4 heteroatoms. The lowest BCUT2D eigenvalue weighted by Gasteiger charge is -2.30. The minimum atomic E-state index is 0.236. The summed E-state index contributed by atoms with van der Waals surface area (Å²) in [5, 5.41) is 14.8. The van der Waals surface area contributed by atoms with Crippen LogP contribution < -0.4 is 5.32 Å². The Bertz CT molecular complexity index is 648. The molecule has 1 heterocycles. The average molecular weight is 318 g/mol. The van der Waals surface area contributed by atoms with Crippen LogP contribution in [-0.2, 0) is 12.8 Å². The Morgan fingerprint density at radius 3 is 3.00 bits per heavy atom. The van der Waals surface area contributed by atoms with Crippen molar-refractivity contribution in [3.63, 3.8) is 0 Å². The molecule has 2 aromatic rings. The first-order valence-corrected chi connectivity index (χ1v) is 9.41. The molecule has 0 amide bonds. The van der Waals surface area contributed by atoms with E-state index in [0.717, 1.165) is 19.3 Å². The van der Waals surface area contributed by atoms with Gasteiger partial charge in [-0.05, 0) is 57.1 Å². The van der Waals surface area contributed by atoms with Gasteiger partial charge in [0.2, 0.25) is 0 Å². The molecule has 0 fully saturated rings. The lowest BCUT2D eigenvalue weighted by atomic mass is 9.90. The summed E-state index contributed by atoms with van der Waals surface area (Å²) in [6.07, 6.45) is 5.42. The van der Waals surface area contributed by atoms with Crippen molar-refractivity contribution in [2.75, 3.05) is 12.9 Å². The molecule has 3 rings (SSSR count). The highest BCUT2D eigenvalue weighted by atomic mass is 32.2. The number of thioether (sulfide) groups is 1. The van der Waals surface area contributed by atoms with Crippen LogP contribution in [0.4, 0.5) is 0 Å². The third-order valence-corrected chi connectivity index (χ3v) is 6.05. The largest absolute Gasteiger partial charge is 0.395 e. The van der Waals surface area contributed by atoms with Crippen molar-refractivity contribution in [3.8, 4) is 0 Å². The highest BCUT2D eigenvalue weighted by Gasteiger charge is 2.25. The van der Waals surface area contributed by atoms with Gasteiger partial charge in [-0.3, -0.25) is 0 Å². The second kappa shape index (κ2) is 6.65. The zero-order valence-corrected chi connectivity index (χ0v) is 14.5. The molecule has 1 aliphatic carbocycles. The maximum Gasteiger partial charge on any atom is 0.0564 e. The lowest BCUT2D eigenvalue weighted by Crippen LogP contribution is -2.45. The average Bonchev–Trinajstić information content (AvgIpc) is 2.86. The molecule has 0 saturated carbocycles. The van der Waals surface area contributed by atoms with Crippen molar-refractivity contribution in [3.05, 3.63) is 35.0 Å². The quantitative estimate of drug-likeness (QED) is 0.794. The molecule has 3 atom stereocenters. The predicted molar refractivity (Wildman–Crippen MR) is 95.8 cm³/mol. The van der Waals surface area contributed by atoms with Crippen LogP contribution in [0.3, 0.4) is 0 Å². The monoisotopic (exact) mass is 318 g/mol. The van der Waals surface area contributed by atoms with E-state index in [1.807, 2.05) is 0 Å². The number of rotatable bonds is 5. The van der Waals surface area contributed by atoms with Gasteiger partial charge in [0.1, 0.15) is 0 Å². The van der Waals surface area contributed by atoms with E-state index < -0.39 is 0 Å². The van der Waals surface area contributed by atoms with Crippen molar-refractivity contribution in [1.82, 2.24) is 10.3 Å². The van der Waals surface area contributed by atoms with Crippen LogP contribution in [0.2, 0.25) is 0 Å². The number of nitrogens with one attached hydrogen (secondary N) is 2. The van der Waals surface area contributed by atoms with Gasteiger partial charge in [0.05, 0.1) is 6.61 Å². The Labute approximate surface area is 136 Å². The van der Waals surface area contributed by atoms with Gasteiger partial charge in [-0.1, -0.05) is 11.6 Å². The standard InChI is InChI=1S/C18H26N2OS/c1-11-4-6-16-14(8-11)15-9-13(5-7-17(15)20-16)19-12(2)18(10-21)22-3/h4,6,8,12-13,18-21H,5,7,9-10H2,1-3H3. The molecule has 3 nitrogen and oxygen atoms in total. The van der Waals surface area contributed by atoms with Crippen LogP contribution in [0.5, 0.6) is 0 Å². The molecule has 3 unspecified atom stereocenters. The maximum atomic E-state index is 9.46. The number of fused-ring (bicyclic) bond motifs is 3. The number of H-pyrrole nitrogens is 1. The molecule has 0 aliphatic heterocycles. The fraction of sp³-hybridized carbons (Fsp3) is 0.556. The summed E-state index contributed by atoms with van der Waals surface area (Å²) < 4.78 is 0. The number of aromatic amines is 1. The molecular weight excluding hydrogens is 292 g/mol. The number of aliphatic hydroxyl groups is 1. The van der Waals surface area contributed by atoms with E-state index in [-0.39, 0.29) is 11.9 Å². The molecule has 1 aromatic carbocycles. The molecule has 0 bridgehead atoms. The smallest absolute Gasteiger partial charge is 0.0564 e. The molecule has 1 aliphatic rings. The zero-order chi connectivity index (χ0) is 15.7. The summed E-state index contributed by atoms with van der Waals surface area (Å²) in [6, 6.07) is 7.51. The number of aliphatic hydroxyl groups excluding tert-OH is 1. The van der Waals surface area contributed by atoms with Crippen LogP contribution in [0.15, 0.2) is 18.2 Å². The molecule has 0 radical (unpaired) electrons. The number of benzene rings is 1. The van der Waals surface area contributed by atoms with Crippen molar-refractivity contribution < 1.29 is 5.11 Å². The van der Waals surface area contributed by atoms with E-state index >= 15 is 0 Å². The maximum absolute atomic E-state index is 9.46. The Morgan fingerprint density at radius 1 is 1.45 bits per heavy atom. The summed E-state index contributed by atoms with van der Waals surface area (Å²) in [6.45, 7) is 4.58. The fourth-order valence-corrected chi connectivity index (χ4v) is 4.22.